The lowest BCUT2D eigenvalue weighted by Gasteiger charge is -2.09. The van der Waals surface area contributed by atoms with Crippen molar-refractivity contribution in [3.8, 4) is 0 Å². The van der Waals surface area contributed by atoms with Crippen molar-refractivity contribution in [2.75, 3.05) is 10.6 Å². The van der Waals surface area contributed by atoms with E-state index in [0.717, 1.165) is 17.7 Å². The van der Waals surface area contributed by atoms with E-state index in [0.29, 0.717) is 11.3 Å². The Bertz CT molecular complexity index is 981. The van der Waals surface area contributed by atoms with E-state index in [-0.39, 0.29) is 11.5 Å². The molecule has 0 aliphatic carbocycles. The zero-order chi connectivity index (χ0) is 19.4. The second-order valence-electron chi connectivity index (χ2n) is 5.90. The predicted molar refractivity (Wildman–Crippen MR) is 99.9 cm³/mol. The van der Waals surface area contributed by atoms with Crippen molar-refractivity contribution in [1.29, 1.82) is 0 Å². The summed E-state index contributed by atoms with van der Waals surface area (Å²) in [5.41, 5.74) is 1.63. The van der Waals surface area contributed by atoms with Crippen molar-refractivity contribution < 1.29 is 18.4 Å². The molecular formula is C21H16F2N2O2. The molecule has 0 bridgehead atoms. The lowest BCUT2D eigenvalue weighted by molar-refractivity contribution is 0.101. The first-order valence-corrected chi connectivity index (χ1v) is 8.18. The first-order valence-electron chi connectivity index (χ1n) is 8.18. The molecule has 0 aliphatic rings. The number of aryl methyl sites for hydroxylation is 1. The highest BCUT2D eigenvalue weighted by Crippen LogP contribution is 2.19. The zero-order valence-corrected chi connectivity index (χ0v) is 14.4. The number of hydrogen-bond donors (Lipinski definition) is 2. The minimum absolute atomic E-state index is 0.171. The van der Waals surface area contributed by atoms with E-state index < -0.39 is 23.2 Å². The molecule has 0 fully saturated rings. The average Bonchev–Trinajstić information content (AvgIpc) is 2.66. The molecule has 0 aliphatic heterocycles. The first kappa shape index (κ1) is 18.3. The molecule has 0 unspecified atom stereocenters. The van der Waals surface area contributed by atoms with E-state index in [4.69, 9.17) is 0 Å². The maximum absolute atomic E-state index is 13.6. The number of carbonyl (C=O) groups excluding carboxylic acids is 2. The molecule has 0 saturated carbocycles. The number of amides is 2. The summed E-state index contributed by atoms with van der Waals surface area (Å²) in [6, 6.07) is 16.5. The number of anilines is 2. The van der Waals surface area contributed by atoms with Crippen LogP contribution in [0.25, 0.3) is 0 Å². The molecule has 0 aromatic heterocycles. The van der Waals surface area contributed by atoms with Gasteiger partial charge in [-0.15, -0.1) is 0 Å². The van der Waals surface area contributed by atoms with Gasteiger partial charge < -0.3 is 10.6 Å². The first-order chi connectivity index (χ1) is 13.0. The van der Waals surface area contributed by atoms with Gasteiger partial charge in [-0.2, -0.15) is 0 Å². The number of halogens is 2. The summed E-state index contributed by atoms with van der Waals surface area (Å²) in [4.78, 5) is 24.5. The van der Waals surface area contributed by atoms with Crippen LogP contribution in [-0.4, -0.2) is 11.8 Å². The Hall–Kier alpha value is -3.54. The number of rotatable bonds is 4. The van der Waals surface area contributed by atoms with Crippen LogP contribution in [0.4, 0.5) is 20.2 Å². The fourth-order valence-corrected chi connectivity index (χ4v) is 2.48. The Morgan fingerprint density at radius 3 is 1.78 bits per heavy atom. The van der Waals surface area contributed by atoms with Crippen LogP contribution in [0, 0.1) is 18.6 Å². The number of carbonyl (C=O) groups is 2. The largest absolute Gasteiger partial charge is 0.322 e. The van der Waals surface area contributed by atoms with Gasteiger partial charge in [0, 0.05) is 16.8 Å². The Kier molecular flexibility index (Phi) is 5.26. The van der Waals surface area contributed by atoms with Crippen molar-refractivity contribution in [3.05, 3.63) is 95.1 Å². The van der Waals surface area contributed by atoms with Gasteiger partial charge in [0.15, 0.2) is 0 Å². The van der Waals surface area contributed by atoms with Crippen molar-refractivity contribution in [2.24, 2.45) is 0 Å². The van der Waals surface area contributed by atoms with Crippen LogP contribution in [0.1, 0.15) is 26.3 Å². The van der Waals surface area contributed by atoms with E-state index in [1.807, 2.05) is 25.1 Å². The highest BCUT2D eigenvalue weighted by atomic mass is 19.1. The molecule has 4 nitrogen and oxygen atoms in total. The van der Waals surface area contributed by atoms with E-state index >= 15 is 0 Å². The molecule has 3 aromatic carbocycles. The molecule has 0 spiro atoms. The van der Waals surface area contributed by atoms with Gasteiger partial charge in [0.1, 0.15) is 17.3 Å². The highest BCUT2D eigenvalue weighted by molar-refractivity contribution is 6.07. The van der Waals surface area contributed by atoms with Gasteiger partial charge in [0.25, 0.3) is 11.8 Å². The van der Waals surface area contributed by atoms with Crippen LogP contribution in [0.5, 0.6) is 0 Å². The summed E-state index contributed by atoms with van der Waals surface area (Å²) >= 11 is 0. The summed E-state index contributed by atoms with van der Waals surface area (Å²) in [5.74, 6) is -2.73. The molecule has 3 aromatic rings. The molecule has 2 N–H and O–H groups in total. The predicted octanol–water partition coefficient (Wildman–Crippen LogP) is 4.78. The molecule has 3 rings (SSSR count). The molecule has 0 atom stereocenters. The standard InChI is InChI=1S/C21H16F2N2O2/c1-13-5-2-3-8-18(13)24-20(26)14-9-11-15(12-10-14)21(27)25-19-16(22)6-4-7-17(19)23/h2-12H,1H3,(H,24,26)(H,25,27). The zero-order valence-electron chi connectivity index (χ0n) is 14.4. The van der Waals surface area contributed by atoms with E-state index in [9.17, 15) is 18.4 Å². The monoisotopic (exact) mass is 366 g/mol. The van der Waals surface area contributed by atoms with E-state index in [2.05, 4.69) is 10.6 Å². The van der Waals surface area contributed by atoms with Gasteiger partial charge in [-0.05, 0) is 55.0 Å². The second kappa shape index (κ2) is 7.78. The number of nitrogens with one attached hydrogen (secondary N) is 2. The maximum Gasteiger partial charge on any atom is 0.255 e. The quantitative estimate of drug-likeness (QED) is 0.698. The second-order valence-corrected chi connectivity index (χ2v) is 5.90. The van der Waals surface area contributed by atoms with Crippen molar-refractivity contribution in [1.82, 2.24) is 0 Å². The van der Waals surface area contributed by atoms with Crippen molar-refractivity contribution >= 4 is 23.2 Å². The van der Waals surface area contributed by atoms with Crippen LogP contribution in [0.2, 0.25) is 0 Å². The van der Waals surface area contributed by atoms with Crippen LogP contribution in [0.3, 0.4) is 0 Å². The topological polar surface area (TPSA) is 58.2 Å². The summed E-state index contributed by atoms with van der Waals surface area (Å²) < 4.78 is 27.3. The summed E-state index contributed by atoms with van der Waals surface area (Å²) in [6.45, 7) is 1.88. The third-order valence-corrected chi connectivity index (χ3v) is 4.00. The molecule has 0 radical (unpaired) electrons. The van der Waals surface area contributed by atoms with Gasteiger partial charge >= 0.3 is 0 Å². The van der Waals surface area contributed by atoms with Crippen molar-refractivity contribution in [3.63, 3.8) is 0 Å². The lowest BCUT2D eigenvalue weighted by Crippen LogP contribution is -2.16. The Balaban J connectivity index is 1.72. The minimum Gasteiger partial charge on any atom is -0.322 e. The van der Waals surface area contributed by atoms with Crippen LogP contribution in [0.15, 0.2) is 66.7 Å². The molecule has 6 heteroatoms. The molecule has 136 valence electrons. The SMILES string of the molecule is Cc1ccccc1NC(=O)c1ccc(C(=O)Nc2c(F)cccc2F)cc1. The van der Waals surface area contributed by atoms with Gasteiger partial charge in [0.2, 0.25) is 0 Å². The van der Waals surface area contributed by atoms with Gasteiger partial charge in [-0.25, -0.2) is 8.78 Å². The molecule has 0 heterocycles. The molecule has 27 heavy (non-hydrogen) atoms. The third kappa shape index (κ3) is 4.17. The van der Waals surface area contributed by atoms with Gasteiger partial charge in [0.05, 0.1) is 0 Å². The van der Waals surface area contributed by atoms with E-state index in [1.54, 1.807) is 6.07 Å². The lowest BCUT2D eigenvalue weighted by atomic mass is 10.1. The smallest absolute Gasteiger partial charge is 0.255 e. The molecular weight excluding hydrogens is 350 g/mol. The molecule has 2 amide bonds. The summed E-state index contributed by atoms with van der Waals surface area (Å²) in [5, 5.41) is 4.99. The summed E-state index contributed by atoms with van der Waals surface area (Å²) in [6.07, 6.45) is 0. The van der Waals surface area contributed by atoms with Crippen LogP contribution in [-0.2, 0) is 0 Å². The average molecular weight is 366 g/mol. The molecule has 0 saturated heterocycles. The third-order valence-electron chi connectivity index (χ3n) is 4.00. The van der Waals surface area contributed by atoms with Crippen LogP contribution >= 0.6 is 0 Å². The highest BCUT2D eigenvalue weighted by Gasteiger charge is 2.14. The number of benzene rings is 3. The number of para-hydroxylation sites is 2. The number of hydrogen-bond acceptors (Lipinski definition) is 2. The minimum atomic E-state index is -0.863. The van der Waals surface area contributed by atoms with Gasteiger partial charge in [-0.1, -0.05) is 24.3 Å². The van der Waals surface area contributed by atoms with Crippen LogP contribution < -0.4 is 10.6 Å². The Morgan fingerprint density at radius 1 is 0.704 bits per heavy atom. The Morgan fingerprint density at radius 2 is 1.22 bits per heavy atom. The van der Waals surface area contributed by atoms with E-state index in [1.165, 1.54) is 30.3 Å². The fraction of sp³-hybridized carbons (Fsp3) is 0.0476. The normalized spacial score (nSPS) is 10.3. The Labute approximate surface area is 154 Å². The fourth-order valence-electron chi connectivity index (χ4n) is 2.48. The van der Waals surface area contributed by atoms with Gasteiger partial charge in [-0.3, -0.25) is 9.59 Å². The van der Waals surface area contributed by atoms with Crippen molar-refractivity contribution in [2.45, 2.75) is 6.92 Å². The maximum atomic E-state index is 13.6. The summed E-state index contributed by atoms with van der Waals surface area (Å²) in [7, 11) is 0.